The van der Waals surface area contributed by atoms with Crippen LogP contribution < -0.4 is 9.78 Å². The molecular weight excluding hydrogens is 200 g/mol. The third kappa shape index (κ3) is 2.64. The van der Waals surface area contributed by atoms with E-state index in [1.54, 1.807) is 6.08 Å². The van der Waals surface area contributed by atoms with Crippen LogP contribution in [0.3, 0.4) is 0 Å². The standard InChI is InChI=1S/C14H12O2/c1-2-12-8-10-14(11-9-12)16-15-13-6-4-3-5-7-13/h2-11H,1H2. The molecule has 0 aliphatic carbocycles. The largest absolute Gasteiger partial charge is 0.290 e. The van der Waals surface area contributed by atoms with E-state index in [0.29, 0.717) is 11.5 Å². The number of rotatable bonds is 4. The molecule has 0 atom stereocenters. The highest BCUT2D eigenvalue weighted by Crippen LogP contribution is 2.15. The van der Waals surface area contributed by atoms with Crippen molar-refractivity contribution in [2.24, 2.45) is 0 Å². The van der Waals surface area contributed by atoms with Gasteiger partial charge in [-0.05, 0) is 29.8 Å². The first kappa shape index (κ1) is 10.3. The van der Waals surface area contributed by atoms with E-state index in [9.17, 15) is 0 Å². The van der Waals surface area contributed by atoms with Gasteiger partial charge in [0.15, 0.2) is 11.5 Å². The highest BCUT2D eigenvalue weighted by molar-refractivity contribution is 5.48. The summed E-state index contributed by atoms with van der Waals surface area (Å²) in [6.45, 7) is 3.68. The molecule has 2 nitrogen and oxygen atoms in total. The zero-order valence-corrected chi connectivity index (χ0v) is 8.80. The van der Waals surface area contributed by atoms with Gasteiger partial charge in [-0.25, -0.2) is 0 Å². The topological polar surface area (TPSA) is 18.5 Å². The molecule has 16 heavy (non-hydrogen) atoms. The molecule has 2 rings (SSSR count). The van der Waals surface area contributed by atoms with E-state index in [0.717, 1.165) is 5.56 Å². The van der Waals surface area contributed by atoms with Gasteiger partial charge in [0.2, 0.25) is 0 Å². The van der Waals surface area contributed by atoms with Crippen molar-refractivity contribution >= 4 is 6.08 Å². The number of hydrogen-bond acceptors (Lipinski definition) is 2. The Bertz CT molecular complexity index is 446. The minimum Gasteiger partial charge on any atom is -0.290 e. The summed E-state index contributed by atoms with van der Waals surface area (Å²) in [7, 11) is 0. The molecule has 2 heteroatoms. The molecule has 0 fully saturated rings. The van der Waals surface area contributed by atoms with Crippen molar-refractivity contribution < 1.29 is 9.78 Å². The monoisotopic (exact) mass is 212 g/mol. The molecule has 0 heterocycles. The van der Waals surface area contributed by atoms with Crippen molar-refractivity contribution in [3.63, 3.8) is 0 Å². The van der Waals surface area contributed by atoms with Gasteiger partial charge in [-0.1, -0.05) is 43.0 Å². The molecule has 0 saturated carbocycles. The van der Waals surface area contributed by atoms with Crippen LogP contribution in [0.1, 0.15) is 5.56 Å². The van der Waals surface area contributed by atoms with Crippen LogP contribution in [-0.4, -0.2) is 0 Å². The summed E-state index contributed by atoms with van der Waals surface area (Å²) >= 11 is 0. The summed E-state index contributed by atoms with van der Waals surface area (Å²) in [4.78, 5) is 10.3. The van der Waals surface area contributed by atoms with Gasteiger partial charge in [0.1, 0.15) is 0 Å². The van der Waals surface area contributed by atoms with Crippen molar-refractivity contribution in [1.82, 2.24) is 0 Å². The third-order valence-corrected chi connectivity index (χ3v) is 2.09. The van der Waals surface area contributed by atoms with Crippen molar-refractivity contribution in [3.8, 4) is 11.5 Å². The third-order valence-electron chi connectivity index (χ3n) is 2.09. The highest BCUT2D eigenvalue weighted by atomic mass is 17.2. The fourth-order valence-electron chi connectivity index (χ4n) is 1.23. The molecule has 0 aliphatic rings. The van der Waals surface area contributed by atoms with Crippen molar-refractivity contribution in [1.29, 1.82) is 0 Å². The van der Waals surface area contributed by atoms with E-state index in [1.807, 2.05) is 54.6 Å². The second kappa shape index (κ2) is 5.03. The highest BCUT2D eigenvalue weighted by Gasteiger charge is 1.96. The average molecular weight is 212 g/mol. The molecule has 0 aliphatic heterocycles. The molecular formula is C14H12O2. The first-order valence-corrected chi connectivity index (χ1v) is 5.00. The van der Waals surface area contributed by atoms with Gasteiger partial charge in [-0.3, -0.25) is 9.78 Å². The molecule has 2 aromatic carbocycles. The first-order chi connectivity index (χ1) is 7.88. The Hall–Kier alpha value is -2.22. The van der Waals surface area contributed by atoms with Gasteiger partial charge in [-0.2, -0.15) is 0 Å². The van der Waals surface area contributed by atoms with Crippen LogP contribution in [-0.2, 0) is 0 Å². The Morgan fingerprint density at radius 2 is 1.31 bits per heavy atom. The maximum absolute atomic E-state index is 5.16. The summed E-state index contributed by atoms with van der Waals surface area (Å²) in [6.07, 6.45) is 1.78. The Morgan fingerprint density at radius 3 is 1.88 bits per heavy atom. The SMILES string of the molecule is C=Cc1ccc(OOc2ccccc2)cc1. The molecule has 80 valence electrons. The van der Waals surface area contributed by atoms with Crippen LogP contribution >= 0.6 is 0 Å². The van der Waals surface area contributed by atoms with E-state index < -0.39 is 0 Å². The predicted molar refractivity (Wildman–Crippen MR) is 64.2 cm³/mol. The minimum absolute atomic E-state index is 0.662. The Kier molecular flexibility index (Phi) is 3.24. The van der Waals surface area contributed by atoms with Gasteiger partial charge in [0.05, 0.1) is 0 Å². The van der Waals surface area contributed by atoms with Gasteiger partial charge >= 0.3 is 0 Å². The normalized spacial score (nSPS) is 9.50. The van der Waals surface area contributed by atoms with Gasteiger partial charge in [0, 0.05) is 0 Å². The second-order valence-corrected chi connectivity index (χ2v) is 3.25. The number of hydrogen-bond donors (Lipinski definition) is 0. The predicted octanol–water partition coefficient (Wildman–Crippen LogP) is 3.70. The molecule has 0 spiro atoms. The molecule has 0 unspecified atom stereocenters. The molecule has 0 saturated heterocycles. The van der Waals surface area contributed by atoms with Gasteiger partial charge in [0.25, 0.3) is 0 Å². The smallest absolute Gasteiger partial charge is 0.178 e. The van der Waals surface area contributed by atoms with Crippen LogP contribution in [0.15, 0.2) is 61.2 Å². The van der Waals surface area contributed by atoms with Crippen molar-refractivity contribution in [2.75, 3.05) is 0 Å². The molecule has 2 aromatic rings. The van der Waals surface area contributed by atoms with E-state index in [-0.39, 0.29) is 0 Å². The van der Waals surface area contributed by atoms with Crippen LogP contribution in [0.25, 0.3) is 6.08 Å². The zero-order valence-electron chi connectivity index (χ0n) is 8.80. The lowest BCUT2D eigenvalue weighted by Gasteiger charge is -2.05. The van der Waals surface area contributed by atoms with E-state index in [2.05, 4.69) is 6.58 Å². The zero-order chi connectivity index (χ0) is 11.2. The van der Waals surface area contributed by atoms with Gasteiger partial charge < -0.3 is 0 Å². The summed E-state index contributed by atoms with van der Waals surface area (Å²) in [6, 6.07) is 16.9. The quantitative estimate of drug-likeness (QED) is 0.568. The van der Waals surface area contributed by atoms with Crippen LogP contribution in [0.5, 0.6) is 11.5 Å². The fourth-order valence-corrected chi connectivity index (χ4v) is 1.23. The lowest BCUT2D eigenvalue weighted by Crippen LogP contribution is -1.99. The Balaban J connectivity index is 1.97. The second-order valence-electron chi connectivity index (χ2n) is 3.25. The van der Waals surface area contributed by atoms with Gasteiger partial charge in [-0.15, -0.1) is 0 Å². The fraction of sp³-hybridized carbons (Fsp3) is 0. The van der Waals surface area contributed by atoms with E-state index in [4.69, 9.17) is 9.78 Å². The summed E-state index contributed by atoms with van der Waals surface area (Å²) in [5, 5.41) is 0. The lowest BCUT2D eigenvalue weighted by atomic mass is 10.2. The molecule has 0 N–H and O–H groups in total. The molecule has 0 radical (unpaired) electrons. The number of benzene rings is 2. The van der Waals surface area contributed by atoms with Crippen molar-refractivity contribution in [3.05, 3.63) is 66.7 Å². The summed E-state index contributed by atoms with van der Waals surface area (Å²) in [5.41, 5.74) is 1.05. The molecule has 0 aromatic heterocycles. The van der Waals surface area contributed by atoms with Crippen LogP contribution in [0.2, 0.25) is 0 Å². The van der Waals surface area contributed by atoms with E-state index >= 15 is 0 Å². The maximum atomic E-state index is 5.16. The Morgan fingerprint density at radius 1 is 0.750 bits per heavy atom. The lowest BCUT2D eigenvalue weighted by molar-refractivity contribution is -0.0999. The minimum atomic E-state index is 0.662. The van der Waals surface area contributed by atoms with E-state index in [1.165, 1.54) is 0 Å². The first-order valence-electron chi connectivity index (χ1n) is 5.00. The molecule has 0 bridgehead atoms. The van der Waals surface area contributed by atoms with Crippen LogP contribution in [0, 0.1) is 0 Å². The molecule has 0 amide bonds. The van der Waals surface area contributed by atoms with Crippen molar-refractivity contribution in [2.45, 2.75) is 0 Å². The summed E-state index contributed by atoms with van der Waals surface area (Å²) in [5.74, 6) is 1.34. The Labute approximate surface area is 94.7 Å². The summed E-state index contributed by atoms with van der Waals surface area (Å²) < 4.78 is 0. The maximum Gasteiger partial charge on any atom is 0.178 e. The van der Waals surface area contributed by atoms with Crippen LogP contribution in [0.4, 0.5) is 0 Å². The number of para-hydroxylation sites is 1. The average Bonchev–Trinajstić information content (AvgIpc) is 2.38.